The molecule has 28 heavy (non-hydrogen) atoms. The van der Waals surface area contributed by atoms with Crippen molar-refractivity contribution in [3.8, 4) is 22.1 Å². The lowest BCUT2D eigenvalue weighted by Gasteiger charge is -2.10. The summed E-state index contributed by atoms with van der Waals surface area (Å²) in [5, 5.41) is 19.0. The molecule has 0 aliphatic carbocycles. The molecule has 0 aliphatic rings. The number of methoxy groups -OCH3 is 2. The molecular weight excluding hydrogens is 408 g/mol. The van der Waals surface area contributed by atoms with E-state index in [9.17, 15) is 18.5 Å². The number of nitro benzene ring substituents is 1. The van der Waals surface area contributed by atoms with Gasteiger partial charge in [0.05, 0.1) is 24.0 Å². The lowest BCUT2D eigenvalue weighted by Crippen LogP contribution is -2.13. The minimum atomic E-state index is -3.95. The predicted molar refractivity (Wildman–Crippen MR) is 102 cm³/mol. The van der Waals surface area contributed by atoms with Gasteiger partial charge < -0.3 is 9.47 Å². The number of hydrogen-bond donors (Lipinski definition) is 1. The Morgan fingerprint density at radius 2 is 1.82 bits per heavy atom. The number of aromatic nitrogens is 2. The van der Waals surface area contributed by atoms with E-state index in [0.29, 0.717) is 16.3 Å². The molecule has 0 aliphatic heterocycles. The van der Waals surface area contributed by atoms with Crippen LogP contribution in [-0.4, -0.2) is 37.8 Å². The van der Waals surface area contributed by atoms with Crippen LogP contribution in [0.2, 0.25) is 0 Å². The van der Waals surface area contributed by atoms with Gasteiger partial charge in [0.15, 0.2) is 11.5 Å². The number of benzene rings is 2. The summed E-state index contributed by atoms with van der Waals surface area (Å²) < 4.78 is 37.7. The van der Waals surface area contributed by atoms with Crippen molar-refractivity contribution >= 4 is 32.2 Å². The molecule has 0 atom stereocenters. The number of ether oxygens (including phenoxy) is 2. The number of nitro groups is 1. The van der Waals surface area contributed by atoms with Crippen LogP contribution in [0, 0.1) is 10.1 Å². The Morgan fingerprint density at radius 1 is 1.07 bits per heavy atom. The van der Waals surface area contributed by atoms with E-state index in [0.717, 1.165) is 11.3 Å². The molecule has 12 heteroatoms. The van der Waals surface area contributed by atoms with Gasteiger partial charge in [-0.1, -0.05) is 23.5 Å². The molecule has 0 radical (unpaired) electrons. The molecule has 10 nitrogen and oxygen atoms in total. The summed E-state index contributed by atoms with van der Waals surface area (Å²) >= 11 is 0.955. The fourth-order valence-corrected chi connectivity index (χ4v) is 4.28. The summed E-state index contributed by atoms with van der Waals surface area (Å²) in [5.74, 6) is 0.658. The van der Waals surface area contributed by atoms with E-state index in [2.05, 4.69) is 14.9 Å². The third kappa shape index (κ3) is 4.02. The maximum atomic E-state index is 12.6. The van der Waals surface area contributed by atoms with Crippen LogP contribution in [0.1, 0.15) is 0 Å². The van der Waals surface area contributed by atoms with Gasteiger partial charge in [0.2, 0.25) is 5.13 Å². The van der Waals surface area contributed by atoms with Crippen molar-refractivity contribution in [2.45, 2.75) is 4.90 Å². The van der Waals surface area contributed by atoms with Crippen LogP contribution in [0.25, 0.3) is 10.6 Å². The highest BCUT2D eigenvalue weighted by Crippen LogP contribution is 2.32. The molecule has 3 rings (SSSR count). The average Bonchev–Trinajstić information content (AvgIpc) is 3.15. The van der Waals surface area contributed by atoms with Crippen LogP contribution in [0.4, 0.5) is 10.8 Å². The maximum Gasteiger partial charge on any atom is 0.270 e. The van der Waals surface area contributed by atoms with Gasteiger partial charge in [-0.2, -0.15) is 0 Å². The maximum absolute atomic E-state index is 12.6. The van der Waals surface area contributed by atoms with E-state index >= 15 is 0 Å². The van der Waals surface area contributed by atoms with Crippen molar-refractivity contribution in [1.29, 1.82) is 0 Å². The Labute approximate surface area is 164 Å². The summed E-state index contributed by atoms with van der Waals surface area (Å²) in [5.41, 5.74) is 0.364. The first-order valence-corrected chi connectivity index (χ1v) is 9.97. The SMILES string of the molecule is COc1ccc(S(=O)(=O)Nc2nnc(-c3cccc([N+](=O)[O-])c3)s2)cc1OC. The first kappa shape index (κ1) is 19.5. The first-order chi connectivity index (χ1) is 13.3. The van der Waals surface area contributed by atoms with E-state index in [4.69, 9.17) is 9.47 Å². The number of rotatable bonds is 7. The number of nitrogens with zero attached hydrogens (tertiary/aromatic N) is 3. The van der Waals surface area contributed by atoms with Crippen LogP contribution in [0.3, 0.4) is 0 Å². The van der Waals surface area contributed by atoms with Crippen molar-refractivity contribution < 1.29 is 22.8 Å². The number of anilines is 1. The fraction of sp³-hybridized carbons (Fsp3) is 0.125. The van der Waals surface area contributed by atoms with Crippen LogP contribution >= 0.6 is 11.3 Å². The smallest absolute Gasteiger partial charge is 0.270 e. The van der Waals surface area contributed by atoms with Gasteiger partial charge in [-0.3, -0.25) is 14.8 Å². The van der Waals surface area contributed by atoms with Crippen LogP contribution in [-0.2, 0) is 10.0 Å². The molecule has 1 heterocycles. The summed E-state index contributed by atoms with van der Waals surface area (Å²) in [6.07, 6.45) is 0. The molecule has 0 spiro atoms. The summed E-state index contributed by atoms with van der Waals surface area (Å²) in [6.45, 7) is 0. The molecule has 0 amide bonds. The Hall–Kier alpha value is -3.25. The van der Waals surface area contributed by atoms with Gasteiger partial charge in [0.1, 0.15) is 5.01 Å². The summed E-state index contributed by atoms with van der Waals surface area (Å²) in [6, 6.07) is 10.00. The van der Waals surface area contributed by atoms with Crippen LogP contribution in [0.15, 0.2) is 47.4 Å². The third-order valence-electron chi connectivity index (χ3n) is 3.62. The van der Waals surface area contributed by atoms with Gasteiger partial charge >= 0.3 is 0 Å². The highest BCUT2D eigenvalue weighted by molar-refractivity contribution is 7.93. The molecule has 0 saturated carbocycles. The van der Waals surface area contributed by atoms with Crippen molar-refractivity contribution in [2.24, 2.45) is 0 Å². The van der Waals surface area contributed by atoms with Gasteiger partial charge in [-0.25, -0.2) is 8.42 Å². The Morgan fingerprint density at radius 3 is 2.50 bits per heavy atom. The van der Waals surface area contributed by atoms with Crippen molar-refractivity contribution in [3.05, 3.63) is 52.6 Å². The molecule has 1 aromatic heterocycles. The second-order valence-corrected chi connectivity index (χ2v) is 8.00. The average molecular weight is 422 g/mol. The minimum absolute atomic E-state index is 0.0243. The number of non-ortho nitro benzene ring substituents is 1. The Kier molecular flexibility index (Phi) is 5.42. The molecule has 1 N–H and O–H groups in total. The third-order valence-corrected chi connectivity index (χ3v) is 5.97. The number of sulfonamides is 1. The Bertz CT molecular complexity index is 1130. The zero-order valence-corrected chi connectivity index (χ0v) is 16.3. The van der Waals surface area contributed by atoms with E-state index in [1.54, 1.807) is 6.07 Å². The first-order valence-electron chi connectivity index (χ1n) is 7.67. The van der Waals surface area contributed by atoms with Gasteiger partial charge in [0, 0.05) is 23.8 Å². The van der Waals surface area contributed by atoms with Crippen LogP contribution in [0.5, 0.6) is 11.5 Å². The number of hydrogen-bond acceptors (Lipinski definition) is 9. The second-order valence-electron chi connectivity index (χ2n) is 5.34. The normalized spacial score (nSPS) is 11.1. The second kappa shape index (κ2) is 7.78. The van der Waals surface area contributed by atoms with Crippen LogP contribution < -0.4 is 14.2 Å². The monoisotopic (exact) mass is 422 g/mol. The lowest BCUT2D eigenvalue weighted by molar-refractivity contribution is -0.384. The molecule has 0 unspecified atom stereocenters. The largest absolute Gasteiger partial charge is 0.493 e. The predicted octanol–water partition coefficient (Wildman–Crippen LogP) is 2.93. The molecular formula is C16H14N4O6S2. The summed E-state index contributed by atoms with van der Waals surface area (Å²) in [7, 11) is -1.10. The highest BCUT2D eigenvalue weighted by Gasteiger charge is 2.20. The Balaban J connectivity index is 1.86. The zero-order chi connectivity index (χ0) is 20.3. The fourth-order valence-electron chi connectivity index (χ4n) is 2.29. The molecule has 0 bridgehead atoms. The van der Waals surface area contributed by atoms with E-state index in [-0.39, 0.29) is 21.5 Å². The van der Waals surface area contributed by atoms with E-state index in [1.807, 2.05) is 0 Å². The molecule has 3 aromatic rings. The van der Waals surface area contributed by atoms with Gasteiger partial charge in [-0.15, -0.1) is 10.2 Å². The lowest BCUT2D eigenvalue weighted by atomic mass is 10.2. The molecule has 2 aromatic carbocycles. The van der Waals surface area contributed by atoms with Crippen molar-refractivity contribution in [2.75, 3.05) is 18.9 Å². The minimum Gasteiger partial charge on any atom is -0.493 e. The highest BCUT2D eigenvalue weighted by atomic mass is 32.2. The molecule has 146 valence electrons. The van der Waals surface area contributed by atoms with E-state index in [1.165, 1.54) is 50.6 Å². The molecule has 0 saturated heterocycles. The van der Waals surface area contributed by atoms with Crippen molar-refractivity contribution in [1.82, 2.24) is 10.2 Å². The summed E-state index contributed by atoms with van der Waals surface area (Å²) in [4.78, 5) is 10.3. The zero-order valence-electron chi connectivity index (χ0n) is 14.6. The van der Waals surface area contributed by atoms with Gasteiger partial charge in [-0.05, 0) is 12.1 Å². The van der Waals surface area contributed by atoms with Crippen molar-refractivity contribution in [3.63, 3.8) is 0 Å². The number of nitrogens with one attached hydrogen (secondary N) is 1. The van der Waals surface area contributed by atoms with E-state index < -0.39 is 14.9 Å². The quantitative estimate of drug-likeness (QED) is 0.454. The topological polar surface area (TPSA) is 134 Å². The van der Waals surface area contributed by atoms with Gasteiger partial charge in [0.25, 0.3) is 15.7 Å². The molecule has 0 fully saturated rings. The standard InChI is InChI=1S/C16H14N4O6S2/c1-25-13-7-6-12(9-14(13)26-2)28(23,24)19-16-18-17-15(27-16)10-4-3-5-11(8-10)20(21)22/h3-9H,1-2H3,(H,18,19).